The highest BCUT2D eigenvalue weighted by atomic mass is 16.3. The molecule has 2 aromatic heterocycles. The molecule has 1 saturated heterocycles. The molecule has 0 aromatic carbocycles. The van der Waals surface area contributed by atoms with Gasteiger partial charge < -0.3 is 20.4 Å². The molecule has 3 heterocycles. The van der Waals surface area contributed by atoms with E-state index in [-0.39, 0.29) is 12.1 Å². The van der Waals surface area contributed by atoms with Crippen molar-refractivity contribution in [1.82, 2.24) is 25.5 Å². The second-order valence-corrected chi connectivity index (χ2v) is 5.91. The monoisotopic (exact) mass is 344 g/mol. The van der Waals surface area contributed by atoms with Gasteiger partial charge >= 0.3 is 6.03 Å². The number of rotatable bonds is 8. The molecular weight excluding hydrogens is 320 g/mol. The van der Waals surface area contributed by atoms with Crippen LogP contribution in [0.4, 0.5) is 10.7 Å². The smallest absolute Gasteiger partial charge is 0.314 e. The number of furan rings is 1. The van der Waals surface area contributed by atoms with Crippen LogP contribution >= 0.6 is 0 Å². The van der Waals surface area contributed by atoms with Crippen LogP contribution in [0.1, 0.15) is 24.6 Å². The summed E-state index contributed by atoms with van der Waals surface area (Å²) in [6.07, 6.45) is 7.40. The third kappa shape index (κ3) is 5.18. The third-order valence-electron chi connectivity index (χ3n) is 4.17. The van der Waals surface area contributed by atoms with Gasteiger partial charge in [-0.3, -0.25) is 4.90 Å². The molecule has 0 bridgehead atoms. The Hall–Kier alpha value is -2.61. The quantitative estimate of drug-likeness (QED) is 0.630. The van der Waals surface area contributed by atoms with Gasteiger partial charge in [-0.1, -0.05) is 0 Å². The van der Waals surface area contributed by atoms with Crippen LogP contribution < -0.4 is 16.0 Å². The number of carbonyl (C=O) groups excluding carboxylic acids is 1. The van der Waals surface area contributed by atoms with Gasteiger partial charge in [0, 0.05) is 32.0 Å². The van der Waals surface area contributed by atoms with Gasteiger partial charge in [0.15, 0.2) is 0 Å². The van der Waals surface area contributed by atoms with E-state index in [0.717, 1.165) is 18.8 Å². The van der Waals surface area contributed by atoms with Crippen molar-refractivity contribution < 1.29 is 9.21 Å². The average Bonchev–Trinajstić information content (AvgIpc) is 3.34. The Morgan fingerprint density at radius 3 is 2.68 bits per heavy atom. The zero-order chi connectivity index (χ0) is 17.3. The van der Waals surface area contributed by atoms with Gasteiger partial charge in [0.05, 0.1) is 12.3 Å². The number of anilines is 1. The van der Waals surface area contributed by atoms with Crippen LogP contribution in [0.25, 0.3) is 0 Å². The maximum absolute atomic E-state index is 12.0. The molecule has 2 amide bonds. The number of nitrogens with one attached hydrogen (secondary N) is 3. The van der Waals surface area contributed by atoms with Crippen LogP contribution in [0.15, 0.2) is 41.3 Å². The van der Waals surface area contributed by atoms with Crippen molar-refractivity contribution in [2.24, 2.45) is 0 Å². The molecule has 1 fully saturated rings. The van der Waals surface area contributed by atoms with Crippen molar-refractivity contribution in [3.8, 4) is 0 Å². The van der Waals surface area contributed by atoms with Crippen LogP contribution in [-0.4, -0.2) is 53.6 Å². The Bertz CT molecular complexity index is 628. The van der Waals surface area contributed by atoms with Crippen molar-refractivity contribution >= 4 is 12.0 Å². The number of hydrogen-bond donors (Lipinski definition) is 3. The summed E-state index contributed by atoms with van der Waals surface area (Å²) >= 11 is 0. The highest BCUT2D eigenvalue weighted by Gasteiger charge is 2.25. The van der Waals surface area contributed by atoms with Crippen LogP contribution in [0.5, 0.6) is 0 Å². The largest absolute Gasteiger partial charge is 0.468 e. The highest BCUT2D eigenvalue weighted by Crippen LogP contribution is 2.24. The van der Waals surface area contributed by atoms with Crippen molar-refractivity contribution in [3.05, 3.63) is 42.6 Å². The SMILES string of the molecule is O=C(NCCNc1ncccn1)NC[C@H](c1ccco1)N1CCCC1. The van der Waals surface area contributed by atoms with Gasteiger partial charge in [0.1, 0.15) is 5.76 Å². The Morgan fingerprint density at radius 2 is 1.96 bits per heavy atom. The highest BCUT2D eigenvalue weighted by molar-refractivity contribution is 5.73. The molecule has 0 spiro atoms. The summed E-state index contributed by atoms with van der Waals surface area (Å²) in [5, 5.41) is 8.81. The summed E-state index contributed by atoms with van der Waals surface area (Å²) in [5.74, 6) is 1.45. The lowest BCUT2D eigenvalue weighted by molar-refractivity contribution is 0.203. The van der Waals surface area contributed by atoms with Crippen LogP contribution in [0, 0.1) is 0 Å². The lowest BCUT2D eigenvalue weighted by Gasteiger charge is -2.26. The number of aromatic nitrogens is 2. The standard InChI is InChI=1S/C17H24N6O2/c24-17(21-9-8-20-16-18-6-4-7-19-16)22-13-14(15-5-3-12-25-15)23-10-1-2-11-23/h3-7,12,14H,1-2,8-11,13H2,(H,18,19,20)(H2,21,22,24)/t14-/m1/s1. The summed E-state index contributed by atoms with van der Waals surface area (Å²) < 4.78 is 5.55. The average molecular weight is 344 g/mol. The summed E-state index contributed by atoms with van der Waals surface area (Å²) in [6.45, 7) is 3.64. The number of urea groups is 1. The van der Waals surface area contributed by atoms with Gasteiger partial charge in [0.25, 0.3) is 0 Å². The molecule has 8 heteroatoms. The predicted octanol–water partition coefficient (Wildman–Crippen LogP) is 1.62. The summed E-state index contributed by atoms with van der Waals surface area (Å²) in [5.41, 5.74) is 0. The van der Waals surface area contributed by atoms with Gasteiger partial charge in [0.2, 0.25) is 5.95 Å². The molecule has 0 aliphatic carbocycles. The van der Waals surface area contributed by atoms with E-state index < -0.39 is 0 Å². The fourth-order valence-electron chi connectivity index (χ4n) is 2.94. The fraction of sp³-hybridized carbons (Fsp3) is 0.471. The Morgan fingerprint density at radius 1 is 1.16 bits per heavy atom. The van der Waals surface area contributed by atoms with Crippen LogP contribution in [0.2, 0.25) is 0 Å². The normalized spacial score (nSPS) is 15.7. The first-order chi connectivity index (χ1) is 12.3. The van der Waals surface area contributed by atoms with Gasteiger partial charge in [-0.15, -0.1) is 0 Å². The second kappa shape index (κ2) is 9.03. The van der Waals surface area contributed by atoms with Gasteiger partial charge in [-0.2, -0.15) is 0 Å². The first kappa shape index (κ1) is 17.2. The molecule has 1 atom stereocenters. The van der Waals surface area contributed by atoms with Gasteiger partial charge in [-0.05, 0) is 44.1 Å². The molecule has 3 rings (SSSR count). The van der Waals surface area contributed by atoms with E-state index in [4.69, 9.17) is 4.42 Å². The van der Waals surface area contributed by atoms with Crippen molar-refractivity contribution in [1.29, 1.82) is 0 Å². The molecule has 134 valence electrons. The van der Waals surface area contributed by atoms with Crippen molar-refractivity contribution in [2.45, 2.75) is 18.9 Å². The van der Waals surface area contributed by atoms with E-state index in [9.17, 15) is 4.79 Å². The van der Waals surface area contributed by atoms with E-state index in [1.54, 1.807) is 24.7 Å². The zero-order valence-corrected chi connectivity index (χ0v) is 14.1. The lowest BCUT2D eigenvalue weighted by atomic mass is 10.2. The molecule has 3 N–H and O–H groups in total. The van der Waals surface area contributed by atoms with Gasteiger partial charge in [-0.25, -0.2) is 14.8 Å². The lowest BCUT2D eigenvalue weighted by Crippen LogP contribution is -2.42. The second-order valence-electron chi connectivity index (χ2n) is 5.91. The fourth-order valence-corrected chi connectivity index (χ4v) is 2.94. The maximum atomic E-state index is 12.0. The summed E-state index contributed by atoms with van der Waals surface area (Å²) in [4.78, 5) is 22.5. The minimum Gasteiger partial charge on any atom is -0.468 e. The molecule has 0 radical (unpaired) electrons. The summed E-state index contributed by atoms with van der Waals surface area (Å²) in [6, 6.07) is 5.50. The topological polar surface area (TPSA) is 95.3 Å². The minimum absolute atomic E-state index is 0.0825. The number of carbonyl (C=O) groups is 1. The molecule has 1 aliphatic heterocycles. The Labute approximate surface area is 147 Å². The number of likely N-dealkylation sites (tertiary alicyclic amines) is 1. The molecule has 25 heavy (non-hydrogen) atoms. The van der Waals surface area contributed by atoms with E-state index in [2.05, 4.69) is 30.8 Å². The van der Waals surface area contributed by atoms with Crippen molar-refractivity contribution in [2.75, 3.05) is 38.0 Å². The first-order valence-corrected chi connectivity index (χ1v) is 8.63. The summed E-state index contributed by atoms with van der Waals surface area (Å²) in [7, 11) is 0. The molecule has 1 aliphatic rings. The zero-order valence-electron chi connectivity index (χ0n) is 14.1. The maximum Gasteiger partial charge on any atom is 0.314 e. The molecule has 2 aromatic rings. The van der Waals surface area contributed by atoms with E-state index in [0.29, 0.717) is 25.6 Å². The van der Waals surface area contributed by atoms with Crippen molar-refractivity contribution in [3.63, 3.8) is 0 Å². The molecule has 8 nitrogen and oxygen atoms in total. The Balaban J connectivity index is 1.39. The molecule has 0 unspecified atom stereocenters. The number of hydrogen-bond acceptors (Lipinski definition) is 6. The number of amides is 2. The molecular formula is C17H24N6O2. The number of nitrogens with zero attached hydrogens (tertiary/aromatic N) is 3. The predicted molar refractivity (Wildman–Crippen MR) is 94.2 cm³/mol. The minimum atomic E-state index is -0.188. The van der Waals surface area contributed by atoms with E-state index >= 15 is 0 Å². The van der Waals surface area contributed by atoms with E-state index in [1.807, 2.05) is 12.1 Å². The Kier molecular flexibility index (Phi) is 6.22. The first-order valence-electron chi connectivity index (χ1n) is 8.63. The van der Waals surface area contributed by atoms with Crippen LogP contribution in [0.3, 0.4) is 0 Å². The third-order valence-corrected chi connectivity index (χ3v) is 4.17. The van der Waals surface area contributed by atoms with Crippen LogP contribution in [-0.2, 0) is 0 Å². The van der Waals surface area contributed by atoms with E-state index in [1.165, 1.54) is 12.8 Å². The molecule has 0 saturated carbocycles.